The van der Waals surface area contributed by atoms with Gasteiger partial charge in [0, 0.05) is 44.9 Å². The molecule has 116 valence electrons. The monoisotopic (exact) mass is 301 g/mol. The van der Waals surface area contributed by atoms with E-state index in [1.165, 1.54) is 0 Å². The molecule has 1 aliphatic heterocycles. The number of aromatic nitrogens is 1. The van der Waals surface area contributed by atoms with Gasteiger partial charge in [0.15, 0.2) is 11.6 Å². The molecule has 0 saturated carbocycles. The largest absolute Gasteiger partial charge is 0.508 e. The number of hydrogen-bond acceptors (Lipinski definition) is 5. The Hall–Kier alpha value is -2.50. The van der Waals surface area contributed by atoms with Crippen molar-refractivity contribution in [2.75, 3.05) is 31.1 Å². The Kier molecular flexibility index (Phi) is 3.75. The van der Waals surface area contributed by atoms with Crippen LogP contribution in [0.25, 0.3) is 0 Å². The summed E-state index contributed by atoms with van der Waals surface area (Å²) in [4.78, 5) is 20.6. The number of phenolic OH excluding ortho intramolecular Hbond substituents is 1. The average molecular weight is 301 g/mol. The van der Waals surface area contributed by atoms with Gasteiger partial charge in [-0.2, -0.15) is 0 Å². The van der Waals surface area contributed by atoms with Crippen LogP contribution in [0.1, 0.15) is 22.1 Å². The number of carbonyl (C=O) groups is 1. The van der Waals surface area contributed by atoms with Crippen LogP contribution in [0, 0.1) is 13.8 Å². The third-order valence-electron chi connectivity index (χ3n) is 3.87. The number of carbonyl (C=O) groups excluding carboxylic acids is 1. The number of rotatable bonds is 2. The quantitative estimate of drug-likeness (QED) is 0.918. The fourth-order valence-corrected chi connectivity index (χ4v) is 2.73. The lowest BCUT2D eigenvalue weighted by molar-refractivity contribution is 0.0739. The predicted molar refractivity (Wildman–Crippen MR) is 82.2 cm³/mol. The number of benzene rings is 1. The summed E-state index contributed by atoms with van der Waals surface area (Å²) < 4.78 is 5.33. The van der Waals surface area contributed by atoms with E-state index in [4.69, 9.17) is 4.42 Å². The number of aryl methyl sites for hydroxylation is 2. The maximum atomic E-state index is 12.5. The van der Waals surface area contributed by atoms with Gasteiger partial charge in [-0.05, 0) is 19.1 Å². The highest BCUT2D eigenvalue weighted by Gasteiger charge is 2.26. The summed E-state index contributed by atoms with van der Waals surface area (Å²) in [5.41, 5.74) is 1.38. The molecule has 22 heavy (non-hydrogen) atoms. The molecule has 1 amide bonds. The normalized spacial score (nSPS) is 15.2. The van der Waals surface area contributed by atoms with Crippen molar-refractivity contribution in [3.8, 4) is 5.75 Å². The van der Waals surface area contributed by atoms with E-state index < -0.39 is 0 Å². The van der Waals surface area contributed by atoms with Gasteiger partial charge in [-0.1, -0.05) is 6.07 Å². The molecule has 1 fully saturated rings. The third-order valence-corrected chi connectivity index (χ3v) is 3.87. The molecule has 1 aliphatic rings. The summed E-state index contributed by atoms with van der Waals surface area (Å²) in [5.74, 6) is 1.26. The Labute approximate surface area is 129 Å². The van der Waals surface area contributed by atoms with Crippen molar-refractivity contribution in [1.82, 2.24) is 9.88 Å². The zero-order valence-electron chi connectivity index (χ0n) is 12.7. The number of hydrogen-bond donors (Lipinski definition) is 1. The highest BCUT2D eigenvalue weighted by molar-refractivity contribution is 5.93. The molecule has 0 bridgehead atoms. The van der Waals surface area contributed by atoms with Gasteiger partial charge in [-0.3, -0.25) is 4.79 Å². The van der Waals surface area contributed by atoms with Crippen LogP contribution in [0.4, 0.5) is 5.69 Å². The molecule has 1 aromatic heterocycles. The molecule has 0 aliphatic carbocycles. The van der Waals surface area contributed by atoms with Crippen molar-refractivity contribution < 1.29 is 14.3 Å². The van der Waals surface area contributed by atoms with Crippen LogP contribution >= 0.6 is 0 Å². The number of nitrogens with zero attached hydrogens (tertiary/aromatic N) is 3. The van der Waals surface area contributed by atoms with E-state index in [-0.39, 0.29) is 11.7 Å². The summed E-state index contributed by atoms with van der Waals surface area (Å²) in [6.07, 6.45) is 0. The molecule has 6 nitrogen and oxygen atoms in total. The number of oxazole rings is 1. The number of anilines is 1. The van der Waals surface area contributed by atoms with Crippen LogP contribution in [0.5, 0.6) is 5.75 Å². The number of piperazine rings is 1. The zero-order valence-corrected chi connectivity index (χ0v) is 12.7. The summed E-state index contributed by atoms with van der Waals surface area (Å²) in [6, 6.07) is 7.17. The highest BCUT2D eigenvalue weighted by atomic mass is 16.4. The van der Waals surface area contributed by atoms with Crippen molar-refractivity contribution in [3.05, 3.63) is 41.6 Å². The Morgan fingerprint density at radius 3 is 2.55 bits per heavy atom. The van der Waals surface area contributed by atoms with Gasteiger partial charge in [-0.15, -0.1) is 0 Å². The van der Waals surface area contributed by atoms with Gasteiger partial charge >= 0.3 is 0 Å². The van der Waals surface area contributed by atoms with Crippen LogP contribution in [-0.2, 0) is 0 Å². The Bertz CT molecular complexity index is 688. The van der Waals surface area contributed by atoms with Crippen LogP contribution in [-0.4, -0.2) is 47.1 Å². The lowest BCUT2D eigenvalue weighted by Gasteiger charge is -2.35. The minimum Gasteiger partial charge on any atom is -0.508 e. The molecule has 0 unspecified atom stereocenters. The summed E-state index contributed by atoms with van der Waals surface area (Å²) in [7, 11) is 0. The molecule has 0 atom stereocenters. The third kappa shape index (κ3) is 2.77. The van der Waals surface area contributed by atoms with Crippen LogP contribution < -0.4 is 4.90 Å². The maximum absolute atomic E-state index is 12.5. The standard InChI is InChI=1S/C16H19N3O3/c1-11-15(17-12(2)22-11)16(21)19-8-6-18(7-9-19)13-4-3-5-14(20)10-13/h3-5,10,20H,6-9H2,1-2H3. The Morgan fingerprint density at radius 1 is 1.23 bits per heavy atom. The summed E-state index contributed by atoms with van der Waals surface area (Å²) >= 11 is 0. The van der Waals surface area contributed by atoms with E-state index >= 15 is 0 Å². The molecule has 3 rings (SSSR count). The molecule has 1 N–H and O–H groups in total. The first-order valence-electron chi connectivity index (χ1n) is 7.32. The molecular formula is C16H19N3O3. The molecular weight excluding hydrogens is 282 g/mol. The van der Waals surface area contributed by atoms with E-state index in [0.29, 0.717) is 30.4 Å². The molecule has 2 aromatic rings. The summed E-state index contributed by atoms with van der Waals surface area (Å²) in [5, 5.41) is 9.56. The fourth-order valence-electron chi connectivity index (χ4n) is 2.73. The molecule has 2 heterocycles. The Morgan fingerprint density at radius 2 is 1.95 bits per heavy atom. The predicted octanol–water partition coefficient (Wildman–Crippen LogP) is 1.96. The maximum Gasteiger partial charge on any atom is 0.276 e. The van der Waals surface area contributed by atoms with Gasteiger partial charge in [0.25, 0.3) is 5.91 Å². The van der Waals surface area contributed by atoms with Gasteiger partial charge in [-0.25, -0.2) is 4.98 Å². The van der Waals surface area contributed by atoms with E-state index in [2.05, 4.69) is 9.88 Å². The number of aromatic hydroxyl groups is 1. The lowest BCUT2D eigenvalue weighted by Crippen LogP contribution is -2.49. The van der Waals surface area contributed by atoms with E-state index in [0.717, 1.165) is 18.8 Å². The average Bonchev–Trinajstić information content (AvgIpc) is 2.85. The van der Waals surface area contributed by atoms with Gasteiger partial charge in [0.2, 0.25) is 0 Å². The Balaban J connectivity index is 1.67. The van der Waals surface area contributed by atoms with E-state index in [1.807, 2.05) is 12.1 Å². The second kappa shape index (κ2) is 5.71. The first-order chi connectivity index (χ1) is 10.5. The van der Waals surface area contributed by atoms with Gasteiger partial charge in [0.1, 0.15) is 11.5 Å². The topological polar surface area (TPSA) is 69.8 Å². The molecule has 1 aromatic carbocycles. The van der Waals surface area contributed by atoms with Crippen LogP contribution in [0.3, 0.4) is 0 Å². The second-order valence-corrected chi connectivity index (χ2v) is 5.44. The first-order valence-corrected chi connectivity index (χ1v) is 7.32. The van der Waals surface area contributed by atoms with Crippen LogP contribution in [0.2, 0.25) is 0 Å². The zero-order chi connectivity index (χ0) is 15.7. The molecule has 0 spiro atoms. The minimum atomic E-state index is -0.0788. The SMILES string of the molecule is Cc1nc(C(=O)N2CCN(c3cccc(O)c3)CC2)c(C)o1. The number of phenols is 1. The van der Waals surface area contributed by atoms with Crippen molar-refractivity contribution in [2.24, 2.45) is 0 Å². The van der Waals surface area contributed by atoms with E-state index in [9.17, 15) is 9.90 Å². The second-order valence-electron chi connectivity index (χ2n) is 5.44. The van der Waals surface area contributed by atoms with Crippen molar-refractivity contribution in [3.63, 3.8) is 0 Å². The van der Waals surface area contributed by atoms with Crippen molar-refractivity contribution >= 4 is 11.6 Å². The molecule has 6 heteroatoms. The van der Waals surface area contributed by atoms with Crippen molar-refractivity contribution in [1.29, 1.82) is 0 Å². The summed E-state index contributed by atoms with van der Waals surface area (Å²) in [6.45, 7) is 6.20. The first kappa shape index (κ1) is 14.4. The van der Waals surface area contributed by atoms with Crippen molar-refractivity contribution in [2.45, 2.75) is 13.8 Å². The van der Waals surface area contributed by atoms with Gasteiger partial charge in [0.05, 0.1) is 0 Å². The number of amides is 1. The fraction of sp³-hybridized carbons (Fsp3) is 0.375. The lowest BCUT2D eigenvalue weighted by atomic mass is 10.2. The molecule has 0 radical (unpaired) electrons. The van der Waals surface area contributed by atoms with E-state index in [1.54, 1.807) is 30.9 Å². The minimum absolute atomic E-state index is 0.0788. The smallest absolute Gasteiger partial charge is 0.276 e. The molecule has 1 saturated heterocycles. The van der Waals surface area contributed by atoms with Crippen LogP contribution in [0.15, 0.2) is 28.7 Å². The van der Waals surface area contributed by atoms with Gasteiger partial charge < -0.3 is 19.3 Å². The highest BCUT2D eigenvalue weighted by Crippen LogP contribution is 2.22.